The Morgan fingerprint density at radius 1 is 1.17 bits per heavy atom. The van der Waals surface area contributed by atoms with Crippen LogP contribution in [0.3, 0.4) is 0 Å². The fourth-order valence-corrected chi connectivity index (χ4v) is 1.84. The van der Waals surface area contributed by atoms with Crippen LogP contribution >= 0.6 is 0 Å². The lowest BCUT2D eigenvalue weighted by Crippen LogP contribution is -2.36. The Morgan fingerprint density at radius 2 is 1.78 bits per heavy atom. The normalized spacial score (nSPS) is 13.9. The Bertz CT molecular complexity index is 330. The molecule has 0 bridgehead atoms. The molecule has 0 aliphatic rings. The summed E-state index contributed by atoms with van der Waals surface area (Å²) in [6, 6.07) is 10.5. The lowest BCUT2D eigenvalue weighted by molar-refractivity contribution is 0.237. The summed E-state index contributed by atoms with van der Waals surface area (Å²) in [5.41, 5.74) is 7.53. The summed E-state index contributed by atoms with van der Waals surface area (Å²) in [6.45, 7) is 11.9. The minimum absolute atomic E-state index is 0.329. The fourth-order valence-electron chi connectivity index (χ4n) is 1.84. The Labute approximate surface area is 112 Å². The van der Waals surface area contributed by atoms with E-state index < -0.39 is 0 Å². The molecule has 2 heteroatoms. The molecular formula is C16H28N2. The minimum Gasteiger partial charge on any atom is -0.330 e. The van der Waals surface area contributed by atoms with E-state index in [-0.39, 0.29) is 0 Å². The lowest BCUT2D eigenvalue weighted by Gasteiger charge is -2.30. The molecule has 1 rings (SSSR count). The molecule has 0 saturated carbocycles. The van der Waals surface area contributed by atoms with Gasteiger partial charge in [-0.3, -0.25) is 0 Å². The van der Waals surface area contributed by atoms with E-state index >= 15 is 0 Å². The molecule has 0 saturated heterocycles. The maximum absolute atomic E-state index is 5.87. The van der Waals surface area contributed by atoms with Crippen LogP contribution in [0.5, 0.6) is 0 Å². The average Bonchev–Trinajstić information content (AvgIpc) is 2.35. The van der Waals surface area contributed by atoms with Crippen molar-refractivity contribution < 1.29 is 0 Å². The topological polar surface area (TPSA) is 38.0 Å². The zero-order valence-electron chi connectivity index (χ0n) is 12.2. The van der Waals surface area contributed by atoms with Crippen molar-refractivity contribution in [3.05, 3.63) is 35.9 Å². The third-order valence-corrected chi connectivity index (χ3v) is 4.09. The van der Waals surface area contributed by atoms with Crippen LogP contribution in [-0.4, -0.2) is 19.6 Å². The predicted molar refractivity (Wildman–Crippen MR) is 79.7 cm³/mol. The Balaban J connectivity index is 2.47. The van der Waals surface area contributed by atoms with Crippen LogP contribution in [0.25, 0.3) is 0 Å². The highest BCUT2D eigenvalue weighted by Gasteiger charge is 2.22. The van der Waals surface area contributed by atoms with E-state index in [4.69, 9.17) is 5.73 Å². The van der Waals surface area contributed by atoms with Crippen molar-refractivity contribution in [3.8, 4) is 0 Å². The van der Waals surface area contributed by atoms with Crippen molar-refractivity contribution >= 4 is 0 Å². The van der Waals surface area contributed by atoms with Gasteiger partial charge >= 0.3 is 0 Å². The first-order valence-electron chi connectivity index (χ1n) is 6.93. The first-order valence-corrected chi connectivity index (χ1v) is 6.93. The molecule has 0 heterocycles. The van der Waals surface area contributed by atoms with Crippen LogP contribution in [0.2, 0.25) is 0 Å². The predicted octanol–water partition coefficient (Wildman–Crippen LogP) is 3.00. The monoisotopic (exact) mass is 248 g/mol. The van der Waals surface area contributed by atoms with Crippen molar-refractivity contribution in [2.75, 3.05) is 19.6 Å². The molecule has 0 fully saturated rings. The Hall–Kier alpha value is -0.860. The molecule has 0 aliphatic carbocycles. The first kappa shape index (κ1) is 15.2. The summed E-state index contributed by atoms with van der Waals surface area (Å²) >= 11 is 0. The van der Waals surface area contributed by atoms with E-state index in [1.165, 1.54) is 5.56 Å². The van der Waals surface area contributed by atoms with Crippen LogP contribution in [0, 0.1) is 11.3 Å². The molecule has 2 nitrogen and oxygen atoms in total. The van der Waals surface area contributed by atoms with Gasteiger partial charge in [0, 0.05) is 25.6 Å². The van der Waals surface area contributed by atoms with E-state index in [1.54, 1.807) is 0 Å². The zero-order valence-corrected chi connectivity index (χ0v) is 12.2. The number of nitrogens with one attached hydrogen (secondary N) is 1. The standard InChI is InChI=1S/C16H28N2/c1-13(2)16(3,4)12-18-11-15(10-17)14-8-6-5-7-9-14/h5-9,13,15,18H,10-12,17H2,1-4H3. The van der Waals surface area contributed by atoms with Crippen molar-refractivity contribution in [1.82, 2.24) is 5.32 Å². The first-order chi connectivity index (χ1) is 8.47. The van der Waals surface area contributed by atoms with Crippen LogP contribution in [0.1, 0.15) is 39.2 Å². The van der Waals surface area contributed by atoms with E-state index in [0.717, 1.165) is 13.1 Å². The van der Waals surface area contributed by atoms with Gasteiger partial charge < -0.3 is 11.1 Å². The zero-order chi connectivity index (χ0) is 13.6. The van der Waals surface area contributed by atoms with Crippen molar-refractivity contribution in [1.29, 1.82) is 0 Å². The van der Waals surface area contributed by atoms with Gasteiger partial charge in [-0.15, -0.1) is 0 Å². The lowest BCUT2D eigenvalue weighted by atomic mass is 9.81. The minimum atomic E-state index is 0.329. The van der Waals surface area contributed by atoms with Gasteiger partial charge in [0.15, 0.2) is 0 Å². The number of nitrogens with two attached hydrogens (primary N) is 1. The highest BCUT2D eigenvalue weighted by atomic mass is 14.9. The summed E-state index contributed by atoms with van der Waals surface area (Å²) < 4.78 is 0. The molecule has 0 spiro atoms. The number of hydrogen-bond acceptors (Lipinski definition) is 2. The molecule has 1 atom stereocenters. The number of benzene rings is 1. The molecule has 0 amide bonds. The maximum Gasteiger partial charge on any atom is 0.00863 e. The number of hydrogen-bond donors (Lipinski definition) is 2. The van der Waals surface area contributed by atoms with E-state index in [1.807, 2.05) is 6.07 Å². The van der Waals surface area contributed by atoms with Gasteiger partial charge in [-0.05, 0) is 16.9 Å². The quantitative estimate of drug-likeness (QED) is 0.778. The van der Waals surface area contributed by atoms with Crippen molar-refractivity contribution in [2.24, 2.45) is 17.1 Å². The van der Waals surface area contributed by atoms with Gasteiger partial charge in [0.2, 0.25) is 0 Å². The third-order valence-electron chi connectivity index (χ3n) is 4.09. The summed E-state index contributed by atoms with van der Waals surface area (Å²) in [5, 5.41) is 3.58. The Morgan fingerprint density at radius 3 is 2.28 bits per heavy atom. The van der Waals surface area contributed by atoms with Crippen molar-refractivity contribution in [2.45, 2.75) is 33.6 Å². The summed E-state index contributed by atoms with van der Waals surface area (Å²) in [4.78, 5) is 0. The third kappa shape index (κ3) is 4.43. The van der Waals surface area contributed by atoms with Gasteiger partial charge in [-0.1, -0.05) is 58.0 Å². The van der Waals surface area contributed by atoms with E-state index in [2.05, 4.69) is 57.3 Å². The number of rotatable bonds is 7. The molecule has 0 radical (unpaired) electrons. The fraction of sp³-hybridized carbons (Fsp3) is 0.625. The smallest absolute Gasteiger partial charge is 0.00863 e. The van der Waals surface area contributed by atoms with E-state index in [9.17, 15) is 0 Å². The van der Waals surface area contributed by atoms with Gasteiger partial charge in [0.1, 0.15) is 0 Å². The second-order valence-electron chi connectivity index (χ2n) is 6.12. The second kappa shape index (κ2) is 6.91. The van der Waals surface area contributed by atoms with Gasteiger partial charge in [-0.2, -0.15) is 0 Å². The van der Waals surface area contributed by atoms with Crippen LogP contribution in [0.15, 0.2) is 30.3 Å². The average molecular weight is 248 g/mol. The summed E-state index contributed by atoms with van der Waals surface area (Å²) in [5.74, 6) is 1.09. The second-order valence-corrected chi connectivity index (χ2v) is 6.12. The van der Waals surface area contributed by atoms with E-state index in [0.29, 0.717) is 23.8 Å². The molecule has 1 aromatic carbocycles. The molecule has 0 aliphatic heterocycles. The highest BCUT2D eigenvalue weighted by Crippen LogP contribution is 2.25. The summed E-state index contributed by atoms with van der Waals surface area (Å²) in [7, 11) is 0. The molecule has 18 heavy (non-hydrogen) atoms. The molecule has 102 valence electrons. The highest BCUT2D eigenvalue weighted by molar-refractivity contribution is 5.20. The van der Waals surface area contributed by atoms with Gasteiger partial charge in [-0.25, -0.2) is 0 Å². The van der Waals surface area contributed by atoms with Gasteiger partial charge in [0.25, 0.3) is 0 Å². The molecular weight excluding hydrogens is 220 g/mol. The van der Waals surface area contributed by atoms with Crippen LogP contribution in [-0.2, 0) is 0 Å². The Kier molecular flexibility index (Phi) is 5.83. The van der Waals surface area contributed by atoms with Crippen LogP contribution < -0.4 is 11.1 Å². The molecule has 0 aromatic heterocycles. The molecule has 1 aromatic rings. The van der Waals surface area contributed by atoms with Gasteiger partial charge in [0.05, 0.1) is 0 Å². The van der Waals surface area contributed by atoms with Crippen molar-refractivity contribution in [3.63, 3.8) is 0 Å². The molecule has 1 unspecified atom stereocenters. The molecule has 3 N–H and O–H groups in total. The summed E-state index contributed by atoms with van der Waals surface area (Å²) in [6.07, 6.45) is 0. The van der Waals surface area contributed by atoms with Crippen LogP contribution in [0.4, 0.5) is 0 Å². The maximum atomic E-state index is 5.87. The largest absolute Gasteiger partial charge is 0.330 e. The SMILES string of the molecule is CC(C)C(C)(C)CNCC(CN)c1ccccc1.